The summed E-state index contributed by atoms with van der Waals surface area (Å²) in [5, 5.41) is 0. The van der Waals surface area contributed by atoms with Crippen molar-refractivity contribution in [1.29, 1.82) is 0 Å². The minimum atomic E-state index is 0.120. The highest BCUT2D eigenvalue weighted by molar-refractivity contribution is 7.46. The monoisotopic (exact) mass is 120 g/mol. The van der Waals surface area contributed by atoms with Gasteiger partial charge in [-0.3, -0.25) is 0 Å². The first-order valence-electron chi connectivity index (χ1n) is 1.63. The van der Waals surface area contributed by atoms with Gasteiger partial charge < -0.3 is 9.47 Å². The highest BCUT2D eigenvalue weighted by atomic mass is 32.1. The van der Waals surface area contributed by atoms with Crippen molar-refractivity contribution < 1.29 is 9.47 Å². The molecule has 0 rings (SSSR count). The second-order valence-corrected chi connectivity index (χ2v) is 0.948. The molecule has 0 bridgehead atoms. The van der Waals surface area contributed by atoms with E-state index in [2.05, 4.69) is 25.9 Å². The molecule has 0 heterocycles. The largest absolute Gasteiger partial charge is 0.694 e. The lowest BCUT2D eigenvalue weighted by Gasteiger charge is -1.82. The number of methoxy groups -OCH3 is 2. The Bertz CT molecular complexity index is 91.1. The van der Waals surface area contributed by atoms with Crippen molar-refractivity contribution in [3.05, 3.63) is 0 Å². The van der Waals surface area contributed by atoms with Crippen LogP contribution in [-0.2, 0) is 21.9 Å². The van der Waals surface area contributed by atoms with E-state index in [1.807, 2.05) is 0 Å². The molecule has 0 aromatic heterocycles. The molecule has 0 atom stereocenters. The summed E-state index contributed by atoms with van der Waals surface area (Å²) in [6.45, 7) is 0. The van der Waals surface area contributed by atoms with Gasteiger partial charge in [-0.05, 0) is 0 Å². The van der Waals surface area contributed by atoms with Gasteiger partial charge in [0.25, 0.3) is 0 Å². The van der Waals surface area contributed by atoms with Gasteiger partial charge in [-0.15, -0.1) is 0 Å². The smallest absolute Gasteiger partial charge is 0.403 e. The average Bonchev–Trinajstić information content (AvgIpc) is 1.72. The standard InChI is InChI=1S/C3H6NO2S/c1-5-3(4-7)6-2/h1-2H3/q+1. The highest BCUT2D eigenvalue weighted by Gasteiger charge is 2.04. The molecule has 0 saturated carbocycles. The minimum Gasteiger partial charge on any atom is -0.403 e. The summed E-state index contributed by atoms with van der Waals surface area (Å²) in [6, 6.07) is 0. The molecule has 4 heteroatoms. The predicted octanol–water partition coefficient (Wildman–Crippen LogP) is -0.567. The molecule has 40 valence electrons. The van der Waals surface area contributed by atoms with E-state index in [0.29, 0.717) is 0 Å². The van der Waals surface area contributed by atoms with E-state index in [-0.39, 0.29) is 6.08 Å². The topological polar surface area (TPSA) is 32.6 Å². The van der Waals surface area contributed by atoms with Gasteiger partial charge in [0.1, 0.15) is 4.04 Å². The van der Waals surface area contributed by atoms with Crippen molar-refractivity contribution >= 4 is 18.5 Å². The van der Waals surface area contributed by atoms with Gasteiger partial charge in [0.05, 0.1) is 14.2 Å². The van der Waals surface area contributed by atoms with Crippen LogP contribution in [0.15, 0.2) is 0 Å². The van der Waals surface area contributed by atoms with E-state index >= 15 is 0 Å². The number of rotatable bonds is 0. The molecule has 0 aromatic carbocycles. The van der Waals surface area contributed by atoms with Crippen molar-refractivity contribution in [2.75, 3.05) is 14.2 Å². The van der Waals surface area contributed by atoms with Gasteiger partial charge in [0.2, 0.25) is 0 Å². The summed E-state index contributed by atoms with van der Waals surface area (Å²) in [5.74, 6) is 0. The quantitative estimate of drug-likeness (QED) is 0.244. The van der Waals surface area contributed by atoms with Crippen LogP contribution in [0, 0.1) is 0 Å². The molecule has 0 aromatic rings. The zero-order valence-corrected chi connectivity index (χ0v) is 4.99. The summed E-state index contributed by atoms with van der Waals surface area (Å²) in [5.41, 5.74) is 0. The molecular formula is C3H6NO2S+. The Balaban J connectivity index is 3.61. The maximum atomic E-state index is 4.47. The molecule has 0 aliphatic rings. The van der Waals surface area contributed by atoms with Crippen LogP contribution in [0.5, 0.6) is 0 Å². The molecule has 0 N–H and O–H groups in total. The van der Waals surface area contributed by atoms with E-state index in [4.69, 9.17) is 0 Å². The molecule has 0 unspecified atom stereocenters. The van der Waals surface area contributed by atoms with Crippen LogP contribution in [0.3, 0.4) is 0 Å². The van der Waals surface area contributed by atoms with E-state index in [0.717, 1.165) is 0 Å². The third-order valence-electron chi connectivity index (χ3n) is 0.424. The van der Waals surface area contributed by atoms with E-state index in [9.17, 15) is 0 Å². The van der Waals surface area contributed by atoms with Crippen molar-refractivity contribution in [3.8, 4) is 0 Å². The Morgan fingerprint density at radius 2 is 1.86 bits per heavy atom. The maximum Gasteiger partial charge on any atom is 0.694 e. The maximum absolute atomic E-state index is 4.47. The van der Waals surface area contributed by atoms with Crippen molar-refractivity contribution in [1.82, 2.24) is 4.04 Å². The Labute approximate surface area is 47.1 Å². The van der Waals surface area contributed by atoms with E-state index < -0.39 is 0 Å². The van der Waals surface area contributed by atoms with Crippen molar-refractivity contribution in [2.45, 2.75) is 0 Å². The van der Waals surface area contributed by atoms with Gasteiger partial charge in [-0.1, -0.05) is 0 Å². The number of hydrogen-bond donors (Lipinski definition) is 0. The third-order valence-corrected chi connectivity index (χ3v) is 0.573. The zero-order chi connectivity index (χ0) is 5.70. The third kappa shape index (κ3) is 2.14. The second-order valence-electron chi connectivity index (χ2n) is 0.765. The van der Waals surface area contributed by atoms with Gasteiger partial charge in [-0.25, -0.2) is 0 Å². The van der Waals surface area contributed by atoms with Crippen LogP contribution in [0.1, 0.15) is 0 Å². The van der Waals surface area contributed by atoms with Crippen molar-refractivity contribution in [2.24, 2.45) is 0 Å². The highest BCUT2D eigenvalue weighted by Crippen LogP contribution is 1.67. The first-order valence-corrected chi connectivity index (χ1v) is 2.00. The van der Waals surface area contributed by atoms with Gasteiger partial charge in [0, 0.05) is 0 Å². The summed E-state index contributed by atoms with van der Waals surface area (Å²) in [4.78, 5) is 0. The molecule has 0 saturated heterocycles. The zero-order valence-electron chi connectivity index (χ0n) is 4.17. The molecule has 3 nitrogen and oxygen atoms in total. The first kappa shape index (κ1) is 6.40. The van der Waals surface area contributed by atoms with Gasteiger partial charge in [0.15, 0.2) is 0 Å². The Morgan fingerprint density at radius 1 is 1.43 bits per heavy atom. The van der Waals surface area contributed by atoms with E-state index in [1.165, 1.54) is 14.2 Å². The summed E-state index contributed by atoms with van der Waals surface area (Å²) in [6.07, 6.45) is 0.120. The molecule has 0 amide bonds. The van der Waals surface area contributed by atoms with Crippen molar-refractivity contribution in [3.63, 3.8) is 0 Å². The predicted molar refractivity (Wildman–Crippen MR) is 28.5 cm³/mol. The molecule has 0 radical (unpaired) electrons. The molecule has 0 spiro atoms. The molecule has 7 heavy (non-hydrogen) atoms. The molecule has 0 fully saturated rings. The van der Waals surface area contributed by atoms with Crippen LogP contribution in [0.4, 0.5) is 0 Å². The SMILES string of the molecule is COC(=[N+]=S)OC. The number of hydrogen-bond acceptors (Lipinski definition) is 3. The fourth-order valence-electron chi connectivity index (χ4n) is 0.158. The summed E-state index contributed by atoms with van der Waals surface area (Å²) >= 11 is 4.21. The lowest BCUT2D eigenvalue weighted by molar-refractivity contribution is 0.242. The van der Waals surface area contributed by atoms with Crippen LogP contribution in [0.2, 0.25) is 0 Å². The second kappa shape index (κ2) is 3.59. The van der Waals surface area contributed by atoms with Gasteiger partial charge in [-0.2, -0.15) is 0 Å². The Kier molecular flexibility index (Phi) is 3.28. The molecular weight excluding hydrogens is 114 g/mol. The Hall–Kier alpha value is -0.600. The molecule has 0 aliphatic heterocycles. The average molecular weight is 120 g/mol. The first-order chi connectivity index (χ1) is 3.35. The van der Waals surface area contributed by atoms with Crippen LogP contribution in [-0.4, -0.2) is 20.3 Å². The van der Waals surface area contributed by atoms with Crippen LogP contribution < -0.4 is 4.04 Å². The summed E-state index contributed by atoms with van der Waals surface area (Å²) in [7, 11) is 2.88. The summed E-state index contributed by atoms with van der Waals surface area (Å²) < 4.78 is 12.1. The Morgan fingerprint density at radius 3 is 1.86 bits per heavy atom. The lowest BCUT2D eigenvalue weighted by atomic mass is 11.2. The fraction of sp³-hybridized carbons (Fsp3) is 0.667. The number of ether oxygens (including phenoxy) is 2. The van der Waals surface area contributed by atoms with E-state index in [1.54, 1.807) is 0 Å². The van der Waals surface area contributed by atoms with Crippen LogP contribution >= 0.6 is 0 Å². The van der Waals surface area contributed by atoms with Gasteiger partial charge >= 0.3 is 18.5 Å². The fourth-order valence-corrected chi connectivity index (χ4v) is 0.307. The lowest BCUT2D eigenvalue weighted by Crippen LogP contribution is -2.05. The molecule has 0 aliphatic carbocycles. The normalized spacial score (nSPS) is 6.57. The van der Waals surface area contributed by atoms with Crippen LogP contribution in [0.25, 0.3) is 0 Å². The number of nitrogens with zero attached hydrogens (tertiary/aromatic N) is 1. The minimum absolute atomic E-state index is 0.120.